The number of anilines is 2. The quantitative estimate of drug-likeness (QED) is 0.881. The number of benzene rings is 2. The number of ether oxygens (including phenoxy) is 1. The van der Waals surface area contributed by atoms with Crippen molar-refractivity contribution in [1.29, 1.82) is 0 Å². The van der Waals surface area contributed by atoms with Gasteiger partial charge in [0, 0.05) is 4.47 Å². The SMILES string of the molecule is Cc1ccc(O[C@@H]2Nc3ccc(Br)cc3N2)cc1. The Morgan fingerprint density at radius 1 is 1.00 bits per heavy atom. The third-order valence-electron chi connectivity index (χ3n) is 2.83. The van der Waals surface area contributed by atoms with Crippen molar-refractivity contribution in [3.05, 3.63) is 52.5 Å². The molecule has 0 amide bonds. The van der Waals surface area contributed by atoms with E-state index in [0.29, 0.717) is 0 Å². The summed E-state index contributed by atoms with van der Waals surface area (Å²) in [5, 5.41) is 6.55. The van der Waals surface area contributed by atoms with E-state index in [2.05, 4.69) is 33.5 Å². The molecule has 4 heteroatoms. The molecule has 0 radical (unpaired) electrons. The van der Waals surface area contributed by atoms with Crippen LogP contribution in [0.5, 0.6) is 5.75 Å². The van der Waals surface area contributed by atoms with E-state index in [0.717, 1.165) is 21.6 Å². The molecule has 1 aliphatic rings. The maximum absolute atomic E-state index is 5.82. The van der Waals surface area contributed by atoms with Crippen molar-refractivity contribution in [1.82, 2.24) is 0 Å². The lowest BCUT2D eigenvalue weighted by molar-refractivity contribution is 0.264. The van der Waals surface area contributed by atoms with Gasteiger partial charge in [-0.3, -0.25) is 0 Å². The van der Waals surface area contributed by atoms with Gasteiger partial charge in [-0.15, -0.1) is 0 Å². The van der Waals surface area contributed by atoms with Crippen molar-refractivity contribution >= 4 is 27.3 Å². The molecule has 2 N–H and O–H groups in total. The van der Waals surface area contributed by atoms with Gasteiger partial charge in [0.15, 0.2) is 0 Å². The molecule has 1 aliphatic heterocycles. The van der Waals surface area contributed by atoms with Crippen LogP contribution in [0.2, 0.25) is 0 Å². The standard InChI is InChI=1S/C14H13BrN2O/c1-9-2-5-11(6-3-9)18-14-16-12-7-4-10(15)8-13(12)17-14/h2-8,14,16-17H,1H3/t14-/m1/s1. The molecule has 1 heterocycles. The second-order valence-corrected chi connectivity index (χ2v) is 5.21. The minimum absolute atomic E-state index is 0.225. The van der Waals surface area contributed by atoms with E-state index >= 15 is 0 Å². The molecule has 0 spiro atoms. The van der Waals surface area contributed by atoms with Crippen molar-refractivity contribution in [3.8, 4) is 5.75 Å². The molecule has 0 aliphatic carbocycles. The van der Waals surface area contributed by atoms with Gasteiger partial charge < -0.3 is 15.4 Å². The first-order valence-corrected chi connectivity index (χ1v) is 6.56. The number of nitrogens with one attached hydrogen (secondary N) is 2. The lowest BCUT2D eigenvalue weighted by atomic mass is 10.2. The number of aryl methyl sites for hydroxylation is 1. The smallest absolute Gasteiger partial charge is 0.248 e. The van der Waals surface area contributed by atoms with Crippen LogP contribution in [0.4, 0.5) is 11.4 Å². The zero-order chi connectivity index (χ0) is 12.5. The topological polar surface area (TPSA) is 33.3 Å². The summed E-state index contributed by atoms with van der Waals surface area (Å²) in [6.07, 6.45) is -0.225. The van der Waals surface area contributed by atoms with Crippen molar-refractivity contribution in [2.45, 2.75) is 13.3 Å². The first-order valence-electron chi connectivity index (χ1n) is 5.77. The molecule has 2 aromatic carbocycles. The van der Waals surface area contributed by atoms with Gasteiger partial charge in [-0.05, 0) is 37.3 Å². The predicted octanol–water partition coefficient (Wildman–Crippen LogP) is 3.96. The second kappa shape index (κ2) is 4.53. The number of hydrogen-bond acceptors (Lipinski definition) is 3. The van der Waals surface area contributed by atoms with Gasteiger partial charge in [0.05, 0.1) is 11.4 Å². The van der Waals surface area contributed by atoms with Crippen LogP contribution in [0.1, 0.15) is 5.56 Å². The van der Waals surface area contributed by atoms with Crippen LogP contribution in [0.25, 0.3) is 0 Å². The van der Waals surface area contributed by atoms with Gasteiger partial charge >= 0.3 is 0 Å². The van der Waals surface area contributed by atoms with E-state index in [9.17, 15) is 0 Å². The van der Waals surface area contributed by atoms with Crippen LogP contribution in [0.3, 0.4) is 0 Å². The van der Waals surface area contributed by atoms with E-state index < -0.39 is 0 Å². The third kappa shape index (κ3) is 2.29. The molecular weight excluding hydrogens is 292 g/mol. The molecule has 3 nitrogen and oxygen atoms in total. The van der Waals surface area contributed by atoms with Gasteiger partial charge in [-0.1, -0.05) is 33.6 Å². The molecule has 92 valence electrons. The Balaban J connectivity index is 1.72. The minimum atomic E-state index is -0.225. The number of halogens is 1. The molecule has 0 aromatic heterocycles. The molecule has 0 unspecified atom stereocenters. The van der Waals surface area contributed by atoms with Crippen molar-refractivity contribution < 1.29 is 4.74 Å². The number of rotatable bonds is 2. The summed E-state index contributed by atoms with van der Waals surface area (Å²) in [5.41, 5.74) is 3.32. The predicted molar refractivity (Wildman–Crippen MR) is 77.0 cm³/mol. The summed E-state index contributed by atoms with van der Waals surface area (Å²) in [6.45, 7) is 2.06. The van der Waals surface area contributed by atoms with Crippen LogP contribution < -0.4 is 15.4 Å². The first kappa shape index (κ1) is 11.4. The highest BCUT2D eigenvalue weighted by Crippen LogP contribution is 2.32. The Morgan fingerprint density at radius 2 is 1.72 bits per heavy atom. The second-order valence-electron chi connectivity index (χ2n) is 4.29. The summed E-state index contributed by atoms with van der Waals surface area (Å²) in [6, 6.07) is 14.1. The van der Waals surface area contributed by atoms with Crippen molar-refractivity contribution in [2.75, 3.05) is 10.6 Å². The summed E-state index contributed by atoms with van der Waals surface area (Å²) in [7, 11) is 0. The monoisotopic (exact) mass is 304 g/mol. The molecule has 18 heavy (non-hydrogen) atoms. The van der Waals surface area contributed by atoms with E-state index in [1.54, 1.807) is 0 Å². The fraction of sp³-hybridized carbons (Fsp3) is 0.143. The highest BCUT2D eigenvalue weighted by atomic mass is 79.9. The lowest BCUT2D eigenvalue weighted by Crippen LogP contribution is -2.28. The maximum Gasteiger partial charge on any atom is 0.248 e. The lowest BCUT2D eigenvalue weighted by Gasteiger charge is -2.14. The maximum atomic E-state index is 5.82. The number of fused-ring (bicyclic) bond motifs is 1. The van der Waals surface area contributed by atoms with Gasteiger partial charge in [0.1, 0.15) is 5.75 Å². The molecule has 1 atom stereocenters. The van der Waals surface area contributed by atoms with E-state index in [1.807, 2.05) is 42.5 Å². The first-order chi connectivity index (χ1) is 8.70. The van der Waals surface area contributed by atoms with E-state index in [-0.39, 0.29) is 6.35 Å². The highest BCUT2D eigenvalue weighted by Gasteiger charge is 2.20. The zero-order valence-corrected chi connectivity index (χ0v) is 11.5. The Bertz CT molecular complexity index is 569. The largest absolute Gasteiger partial charge is 0.453 e. The fourth-order valence-electron chi connectivity index (χ4n) is 1.89. The van der Waals surface area contributed by atoms with Crippen LogP contribution >= 0.6 is 15.9 Å². The zero-order valence-electron chi connectivity index (χ0n) is 9.91. The molecule has 0 saturated carbocycles. The van der Waals surface area contributed by atoms with Crippen LogP contribution in [-0.4, -0.2) is 6.35 Å². The van der Waals surface area contributed by atoms with Crippen LogP contribution in [-0.2, 0) is 0 Å². The van der Waals surface area contributed by atoms with E-state index in [1.165, 1.54) is 5.56 Å². The molecule has 0 saturated heterocycles. The van der Waals surface area contributed by atoms with Crippen molar-refractivity contribution in [3.63, 3.8) is 0 Å². The summed E-state index contributed by atoms with van der Waals surface area (Å²) in [5.74, 6) is 0.845. The molecular formula is C14H13BrN2O. The average molecular weight is 305 g/mol. The Labute approximate surface area is 114 Å². The molecule has 2 aromatic rings. The Kier molecular flexibility index (Phi) is 2.88. The minimum Gasteiger partial charge on any atom is -0.453 e. The molecule has 0 bridgehead atoms. The summed E-state index contributed by atoms with van der Waals surface area (Å²) >= 11 is 3.45. The Morgan fingerprint density at radius 3 is 2.50 bits per heavy atom. The van der Waals surface area contributed by atoms with Gasteiger partial charge in [0.25, 0.3) is 0 Å². The highest BCUT2D eigenvalue weighted by molar-refractivity contribution is 9.10. The van der Waals surface area contributed by atoms with Gasteiger partial charge in [-0.2, -0.15) is 0 Å². The summed E-state index contributed by atoms with van der Waals surface area (Å²) in [4.78, 5) is 0. The third-order valence-corrected chi connectivity index (χ3v) is 3.32. The fourth-order valence-corrected chi connectivity index (χ4v) is 2.25. The number of hydrogen-bond donors (Lipinski definition) is 2. The Hall–Kier alpha value is -1.68. The molecule has 3 rings (SSSR count). The summed E-state index contributed by atoms with van der Waals surface area (Å²) < 4.78 is 6.86. The van der Waals surface area contributed by atoms with Gasteiger partial charge in [-0.25, -0.2) is 0 Å². The van der Waals surface area contributed by atoms with Gasteiger partial charge in [0.2, 0.25) is 6.35 Å². The normalized spacial score (nSPS) is 16.7. The van der Waals surface area contributed by atoms with E-state index in [4.69, 9.17) is 4.74 Å². The molecule has 0 fully saturated rings. The average Bonchev–Trinajstić information content (AvgIpc) is 2.73. The van der Waals surface area contributed by atoms with Crippen LogP contribution in [0, 0.1) is 6.92 Å². The van der Waals surface area contributed by atoms with Crippen LogP contribution in [0.15, 0.2) is 46.9 Å². The van der Waals surface area contributed by atoms with Crippen molar-refractivity contribution in [2.24, 2.45) is 0 Å².